The maximum atomic E-state index is 13.7. The molecule has 0 saturated carbocycles. The number of hydrogen-bond donors (Lipinski definition) is 6. The summed E-state index contributed by atoms with van der Waals surface area (Å²) in [7, 11) is 0. The van der Waals surface area contributed by atoms with Crippen molar-refractivity contribution >= 4 is 73.5 Å². The van der Waals surface area contributed by atoms with Gasteiger partial charge in [-0.1, -0.05) is 58.0 Å². The van der Waals surface area contributed by atoms with E-state index in [1.807, 2.05) is 52.9 Å². The highest BCUT2D eigenvalue weighted by Crippen LogP contribution is 2.39. The van der Waals surface area contributed by atoms with Crippen LogP contribution < -0.4 is 47.4 Å². The number of anilines is 5. The average molecular weight is 1540 g/mol. The SMILES string of the molecule is Cc1ncccc1C(=O)c1cc(N2CCNC(c3ccccc3)C2)ccc1C(F)(F)F.Cc1ncccc1C(=O)c1cc(N2CCN[C@@H](CC(C)C)C2)ccc1C(F)(F)F.Cc1sc(N2CCN[C@@H](CC(C)C)C2)nc1C(=O)c1cccnc1N.N#Cc1ccc2c(c1)c(C(=O)c1cccnc1N)nn2C1CCNCC1. The van der Waals surface area contributed by atoms with Gasteiger partial charge in [0.05, 0.1) is 45.4 Å². The Bertz CT molecular complexity index is 4980. The molecule has 10 heterocycles. The van der Waals surface area contributed by atoms with E-state index in [1.165, 1.54) is 48.8 Å². The fraction of sp³-hybridized carbons (Fsp3) is 0.361. The van der Waals surface area contributed by atoms with Crippen molar-refractivity contribution < 1.29 is 45.5 Å². The lowest BCUT2D eigenvalue weighted by atomic mass is 9.95. The van der Waals surface area contributed by atoms with Crippen LogP contribution in [0.4, 0.5) is 54.5 Å². The van der Waals surface area contributed by atoms with Gasteiger partial charge >= 0.3 is 12.4 Å². The van der Waals surface area contributed by atoms with Crippen LogP contribution in [-0.2, 0) is 12.4 Å². The Hall–Kier alpha value is -10.8. The molecule has 10 aromatic rings. The molecule has 8 N–H and O–H groups in total. The molecule has 21 nitrogen and oxygen atoms in total. The number of nitrogens with two attached hydrogens (primary N) is 2. The van der Waals surface area contributed by atoms with Gasteiger partial charge in [0.25, 0.3) is 0 Å². The summed E-state index contributed by atoms with van der Waals surface area (Å²) in [4.78, 5) is 80.0. The van der Waals surface area contributed by atoms with E-state index in [4.69, 9.17) is 11.5 Å². The Kier molecular flexibility index (Phi) is 26.6. The molecule has 4 aromatic carbocycles. The van der Waals surface area contributed by atoms with Crippen molar-refractivity contribution in [3.63, 3.8) is 0 Å². The van der Waals surface area contributed by atoms with E-state index >= 15 is 0 Å². The minimum absolute atomic E-state index is 0.0527. The number of carbonyl (C=O) groups is 4. The number of carbonyl (C=O) groups excluding carboxylic acids is 4. The van der Waals surface area contributed by atoms with E-state index in [9.17, 15) is 50.8 Å². The van der Waals surface area contributed by atoms with Gasteiger partial charge in [-0.15, -0.1) is 11.3 Å². The third-order valence-corrected chi connectivity index (χ3v) is 20.9. The van der Waals surface area contributed by atoms with Crippen molar-refractivity contribution in [3.8, 4) is 6.07 Å². The van der Waals surface area contributed by atoms with Crippen molar-refractivity contribution in [3.05, 3.63) is 242 Å². The second-order valence-electron chi connectivity index (χ2n) is 28.8. The van der Waals surface area contributed by atoms with Crippen molar-refractivity contribution in [2.24, 2.45) is 11.8 Å². The number of aromatic nitrogens is 7. The van der Waals surface area contributed by atoms with Crippen LogP contribution in [0.3, 0.4) is 0 Å². The number of rotatable bonds is 17. The number of pyridine rings is 4. The number of thiazole rings is 1. The third kappa shape index (κ3) is 20.0. The number of hydrogen-bond acceptors (Lipinski definition) is 21. The molecule has 4 aliphatic rings. The average Bonchev–Trinajstić information content (AvgIpc) is 1.72. The number of benzene rings is 4. The lowest BCUT2D eigenvalue weighted by Crippen LogP contribution is -2.51. The standard InChI is InChI=1S/C24H22F3N3O.C22H26F3N3O.C19H18N6O.C18H25N5OS/c1-16-19(8-5-11-28-16)23(31)20-14-18(9-10-21(20)24(25,26)27)30-13-12-29-22(15-30)17-6-3-2-4-7-17;1-14(2)11-16-13-28(10-9-27-16)17-6-7-20(22(23,24)25)19(12-17)21(29)18-5-4-8-26-15(18)3;20-11-12-3-4-16-15(10-12)17(18(26)14-2-1-7-23-19(14)21)24-25(16)13-5-8-22-9-6-13;1-11(2)9-13-10-23(8-7-20-13)18-22-15(12(3)25-18)16(24)14-5-4-6-21-17(14)19/h2-11,14,22,29H,12-13,15H2,1H3;4-8,12,14,16,27H,9-11,13H2,1-3H3;1-4,7,10,13,22H,5-6,8-9H2,(H2,21,23);4-6,11,13,20H,7-10H2,1-3H3,(H2,19,21)/t;16-;;13-/m.0.0/s1. The summed E-state index contributed by atoms with van der Waals surface area (Å²) in [6.45, 7) is 22.6. The predicted octanol–water partition coefficient (Wildman–Crippen LogP) is 13.8. The maximum absolute atomic E-state index is 13.7. The van der Waals surface area contributed by atoms with Gasteiger partial charge in [0.15, 0.2) is 16.7 Å². The maximum Gasteiger partial charge on any atom is 0.417 e. The van der Waals surface area contributed by atoms with Crippen LogP contribution in [0.5, 0.6) is 0 Å². The Balaban J connectivity index is 0.000000147. The minimum Gasteiger partial charge on any atom is -0.383 e. The van der Waals surface area contributed by atoms with Gasteiger partial charge in [0.2, 0.25) is 11.6 Å². The molecule has 3 atom stereocenters. The molecule has 14 rings (SSSR count). The van der Waals surface area contributed by atoms with Gasteiger partial charge in [-0.05, 0) is 180 Å². The molecule has 0 amide bonds. The lowest BCUT2D eigenvalue weighted by Gasteiger charge is -2.36. The zero-order chi connectivity index (χ0) is 79.3. The van der Waals surface area contributed by atoms with E-state index in [1.54, 1.807) is 86.1 Å². The molecule has 1 unspecified atom stereocenters. The second-order valence-corrected chi connectivity index (χ2v) is 29.9. The highest BCUT2D eigenvalue weighted by Gasteiger charge is 2.39. The van der Waals surface area contributed by atoms with Gasteiger partial charge in [-0.2, -0.15) is 36.7 Å². The van der Waals surface area contributed by atoms with Crippen LogP contribution in [0.25, 0.3) is 10.9 Å². The molecule has 111 heavy (non-hydrogen) atoms. The second kappa shape index (κ2) is 36.3. The summed E-state index contributed by atoms with van der Waals surface area (Å²) in [6, 6.07) is 39.0. The fourth-order valence-electron chi connectivity index (χ4n) is 14.4. The molecule has 4 saturated heterocycles. The minimum atomic E-state index is -4.63. The quantitative estimate of drug-likeness (QED) is 0.0365. The van der Waals surface area contributed by atoms with Gasteiger partial charge in [0.1, 0.15) is 23.0 Å². The molecule has 6 aromatic heterocycles. The van der Waals surface area contributed by atoms with Gasteiger partial charge in [-0.25, -0.2) is 15.0 Å². The van der Waals surface area contributed by atoms with Crippen LogP contribution >= 0.6 is 11.3 Å². The molecule has 0 radical (unpaired) electrons. The number of piperidine rings is 1. The number of fused-ring (bicyclic) bond motifs is 1. The van der Waals surface area contributed by atoms with Gasteiger partial charge < -0.3 is 47.4 Å². The fourth-order valence-corrected chi connectivity index (χ4v) is 15.3. The van der Waals surface area contributed by atoms with Crippen LogP contribution in [0.1, 0.15) is 168 Å². The van der Waals surface area contributed by atoms with Crippen LogP contribution in [0.2, 0.25) is 0 Å². The Morgan fingerprint density at radius 2 is 1.02 bits per heavy atom. The van der Waals surface area contributed by atoms with Crippen LogP contribution in [-0.4, -0.2) is 142 Å². The van der Waals surface area contributed by atoms with E-state index in [2.05, 4.69) is 94.8 Å². The van der Waals surface area contributed by atoms with Crippen LogP contribution in [0.15, 0.2) is 158 Å². The topological polar surface area (TPSA) is 284 Å². The van der Waals surface area contributed by atoms with Crippen molar-refractivity contribution in [2.45, 2.75) is 111 Å². The Morgan fingerprint density at radius 3 is 1.51 bits per heavy atom. The summed E-state index contributed by atoms with van der Waals surface area (Å²) in [5, 5.41) is 29.3. The first-order valence-corrected chi connectivity index (χ1v) is 37.9. The zero-order valence-electron chi connectivity index (χ0n) is 63.0. The normalized spacial score (nSPS) is 16.9. The summed E-state index contributed by atoms with van der Waals surface area (Å²) in [5.74, 6) is -0.151. The molecule has 0 bridgehead atoms. The molecule has 0 spiro atoms. The predicted molar refractivity (Wildman–Crippen MR) is 421 cm³/mol. The van der Waals surface area contributed by atoms with Gasteiger partial charge in [0, 0.05) is 157 Å². The Labute approximate surface area is 645 Å². The summed E-state index contributed by atoms with van der Waals surface area (Å²) in [6.07, 6.45) is 0.932. The number of halogens is 6. The number of alkyl halides is 6. The zero-order valence-corrected chi connectivity index (χ0v) is 63.8. The van der Waals surface area contributed by atoms with Crippen molar-refractivity contribution in [1.82, 2.24) is 56.0 Å². The number of nitriles is 1. The number of nitrogens with zero attached hydrogens (tertiary/aromatic N) is 11. The first kappa shape index (κ1) is 81.2. The molecule has 580 valence electrons. The molecule has 4 fully saturated rings. The van der Waals surface area contributed by atoms with E-state index in [-0.39, 0.29) is 63.6 Å². The van der Waals surface area contributed by atoms with E-state index in [0.717, 1.165) is 98.2 Å². The number of piperazine rings is 3. The van der Waals surface area contributed by atoms with Crippen molar-refractivity contribution in [1.29, 1.82) is 5.26 Å². The monoisotopic (exact) mass is 1540 g/mol. The largest absolute Gasteiger partial charge is 0.417 e. The van der Waals surface area contributed by atoms with E-state index < -0.39 is 35.0 Å². The lowest BCUT2D eigenvalue weighted by molar-refractivity contribution is -0.138. The summed E-state index contributed by atoms with van der Waals surface area (Å²) < 4.78 is 83.8. The highest BCUT2D eigenvalue weighted by atomic mass is 32.1. The van der Waals surface area contributed by atoms with Gasteiger partial charge in [-0.3, -0.25) is 33.8 Å². The number of aryl methyl sites for hydroxylation is 3. The highest BCUT2D eigenvalue weighted by molar-refractivity contribution is 7.15. The Morgan fingerprint density at radius 1 is 0.541 bits per heavy atom. The third-order valence-electron chi connectivity index (χ3n) is 19.9. The molecular weight excluding hydrogens is 1450 g/mol. The summed E-state index contributed by atoms with van der Waals surface area (Å²) in [5.41, 5.74) is 15.6. The molecule has 28 heteroatoms. The van der Waals surface area contributed by atoms with Crippen molar-refractivity contribution in [2.75, 3.05) is 98.2 Å². The smallest absolute Gasteiger partial charge is 0.383 e. The van der Waals surface area contributed by atoms with E-state index in [0.29, 0.717) is 107 Å². The number of nitrogen functional groups attached to an aromatic ring is 2. The number of ketones is 4. The van der Waals surface area contributed by atoms with Crippen LogP contribution in [0, 0.1) is 43.9 Å². The molecular formula is C83H91F6N17O4S. The first-order chi connectivity index (χ1) is 53.1. The molecule has 4 aliphatic heterocycles. The summed E-state index contributed by atoms with van der Waals surface area (Å²) >= 11 is 1.58. The number of nitrogens with one attached hydrogen (secondary N) is 4. The molecule has 0 aliphatic carbocycles. The first-order valence-electron chi connectivity index (χ1n) is 37.1.